The van der Waals surface area contributed by atoms with E-state index in [4.69, 9.17) is 0 Å². The van der Waals surface area contributed by atoms with Gasteiger partial charge < -0.3 is 15.1 Å². The minimum Gasteiger partial charge on any atom is -0.317 e. The Kier molecular flexibility index (Phi) is 6.22. The van der Waals surface area contributed by atoms with Crippen molar-refractivity contribution >= 4 is 0 Å². The van der Waals surface area contributed by atoms with Crippen molar-refractivity contribution in [2.24, 2.45) is 0 Å². The molecule has 1 fully saturated rings. The Labute approximate surface area is 94.8 Å². The molecule has 1 aliphatic heterocycles. The summed E-state index contributed by atoms with van der Waals surface area (Å²) in [5, 5.41) is 3.46. The van der Waals surface area contributed by atoms with Gasteiger partial charge in [0.2, 0.25) is 0 Å². The van der Waals surface area contributed by atoms with Crippen molar-refractivity contribution in [1.82, 2.24) is 15.1 Å². The van der Waals surface area contributed by atoms with Gasteiger partial charge in [0.1, 0.15) is 0 Å². The van der Waals surface area contributed by atoms with Gasteiger partial charge in [-0.25, -0.2) is 0 Å². The lowest BCUT2D eigenvalue weighted by Crippen LogP contribution is -2.50. The average Bonchev–Trinajstić information content (AvgIpc) is 2.23. The number of hydrogen-bond acceptors (Lipinski definition) is 3. The molecule has 15 heavy (non-hydrogen) atoms. The smallest absolute Gasteiger partial charge is 0.0192 e. The van der Waals surface area contributed by atoms with Crippen molar-refractivity contribution < 1.29 is 0 Å². The molecule has 3 heteroatoms. The van der Waals surface area contributed by atoms with E-state index in [1.807, 2.05) is 0 Å². The molecule has 0 bridgehead atoms. The van der Waals surface area contributed by atoms with E-state index in [1.165, 1.54) is 52.1 Å². The molecule has 0 aliphatic carbocycles. The van der Waals surface area contributed by atoms with E-state index in [0.29, 0.717) is 0 Å². The minimum atomic E-state index is 0.724. The first-order valence-electron chi connectivity index (χ1n) is 6.37. The van der Waals surface area contributed by atoms with E-state index in [-0.39, 0.29) is 0 Å². The minimum absolute atomic E-state index is 0.724. The van der Waals surface area contributed by atoms with Gasteiger partial charge in [0.25, 0.3) is 0 Å². The first-order valence-corrected chi connectivity index (χ1v) is 6.37. The molecule has 0 aromatic rings. The second-order valence-corrected chi connectivity index (χ2v) is 4.73. The molecule has 0 radical (unpaired) electrons. The molecule has 1 heterocycles. The van der Waals surface area contributed by atoms with Gasteiger partial charge in [-0.2, -0.15) is 0 Å². The molecule has 1 N–H and O–H groups in total. The van der Waals surface area contributed by atoms with Crippen LogP contribution in [0.3, 0.4) is 0 Å². The fraction of sp³-hybridized carbons (Fsp3) is 1.00. The van der Waals surface area contributed by atoms with Crippen molar-refractivity contribution in [2.75, 3.05) is 46.3 Å². The van der Waals surface area contributed by atoms with E-state index < -0.39 is 0 Å². The Morgan fingerprint density at radius 2 is 2.07 bits per heavy atom. The zero-order valence-electron chi connectivity index (χ0n) is 10.6. The number of likely N-dealkylation sites (N-methyl/N-ethyl adjacent to an activating group) is 1. The van der Waals surface area contributed by atoms with Crippen LogP contribution in [0.5, 0.6) is 0 Å². The van der Waals surface area contributed by atoms with Gasteiger partial charge >= 0.3 is 0 Å². The van der Waals surface area contributed by atoms with Gasteiger partial charge in [-0.1, -0.05) is 6.92 Å². The Bertz CT molecular complexity index is 161. The molecule has 0 spiro atoms. The van der Waals surface area contributed by atoms with E-state index >= 15 is 0 Å². The summed E-state index contributed by atoms with van der Waals surface area (Å²) in [6.45, 7) is 11.8. The molecule has 3 nitrogen and oxygen atoms in total. The molecule has 1 atom stereocenters. The largest absolute Gasteiger partial charge is 0.317 e. The first-order chi connectivity index (χ1) is 7.24. The van der Waals surface area contributed by atoms with Gasteiger partial charge in [-0.15, -0.1) is 0 Å². The molecule has 0 amide bonds. The maximum absolute atomic E-state index is 3.46. The number of piperazine rings is 1. The second kappa shape index (κ2) is 7.20. The van der Waals surface area contributed by atoms with Gasteiger partial charge in [0.05, 0.1) is 0 Å². The standard InChI is InChI=1S/C12H27N3/c1-4-6-13-7-5-8-15-10-9-14(3)12(2)11-15/h12-13H,4-11H2,1-3H3. The lowest BCUT2D eigenvalue weighted by molar-refractivity contribution is 0.104. The summed E-state index contributed by atoms with van der Waals surface area (Å²) in [6.07, 6.45) is 2.53. The van der Waals surface area contributed by atoms with E-state index in [2.05, 4.69) is 36.0 Å². The lowest BCUT2D eigenvalue weighted by Gasteiger charge is -2.37. The van der Waals surface area contributed by atoms with Crippen LogP contribution in [-0.4, -0.2) is 62.2 Å². The van der Waals surface area contributed by atoms with Crippen molar-refractivity contribution in [3.8, 4) is 0 Å². The van der Waals surface area contributed by atoms with Crippen LogP contribution in [0.2, 0.25) is 0 Å². The maximum Gasteiger partial charge on any atom is 0.0192 e. The number of rotatable bonds is 6. The van der Waals surface area contributed by atoms with Gasteiger partial charge in [-0.05, 0) is 46.4 Å². The molecular weight excluding hydrogens is 186 g/mol. The third-order valence-electron chi connectivity index (χ3n) is 3.30. The fourth-order valence-electron chi connectivity index (χ4n) is 2.06. The van der Waals surface area contributed by atoms with Crippen LogP contribution in [0, 0.1) is 0 Å². The Morgan fingerprint density at radius 3 is 2.73 bits per heavy atom. The summed E-state index contributed by atoms with van der Waals surface area (Å²) in [7, 11) is 2.23. The highest BCUT2D eigenvalue weighted by Crippen LogP contribution is 2.06. The molecule has 0 aromatic heterocycles. The van der Waals surface area contributed by atoms with Gasteiger partial charge in [0, 0.05) is 25.7 Å². The second-order valence-electron chi connectivity index (χ2n) is 4.73. The maximum atomic E-state index is 3.46. The summed E-state index contributed by atoms with van der Waals surface area (Å²) < 4.78 is 0. The van der Waals surface area contributed by atoms with E-state index in [1.54, 1.807) is 0 Å². The van der Waals surface area contributed by atoms with Crippen LogP contribution in [0.4, 0.5) is 0 Å². The molecule has 0 aromatic carbocycles. The topological polar surface area (TPSA) is 18.5 Å². The van der Waals surface area contributed by atoms with Crippen LogP contribution in [0.25, 0.3) is 0 Å². The third kappa shape index (κ3) is 4.96. The summed E-state index contributed by atoms with van der Waals surface area (Å²) in [5.74, 6) is 0. The molecule has 90 valence electrons. The predicted molar refractivity (Wildman–Crippen MR) is 66.3 cm³/mol. The molecule has 1 unspecified atom stereocenters. The van der Waals surface area contributed by atoms with Gasteiger partial charge in [0.15, 0.2) is 0 Å². The summed E-state index contributed by atoms with van der Waals surface area (Å²) in [5.41, 5.74) is 0. The van der Waals surface area contributed by atoms with Gasteiger partial charge in [-0.3, -0.25) is 0 Å². The number of hydrogen-bond donors (Lipinski definition) is 1. The number of nitrogens with zero attached hydrogens (tertiary/aromatic N) is 2. The molecule has 1 rings (SSSR count). The Hall–Kier alpha value is -0.120. The van der Waals surface area contributed by atoms with Crippen molar-refractivity contribution in [1.29, 1.82) is 0 Å². The predicted octanol–water partition coefficient (Wildman–Crippen LogP) is 1.01. The Balaban J connectivity index is 2.02. The highest BCUT2D eigenvalue weighted by Gasteiger charge is 2.19. The highest BCUT2D eigenvalue weighted by molar-refractivity contribution is 4.76. The molecular formula is C12H27N3. The first kappa shape index (κ1) is 12.9. The number of nitrogens with one attached hydrogen (secondary N) is 1. The lowest BCUT2D eigenvalue weighted by atomic mass is 10.2. The third-order valence-corrected chi connectivity index (χ3v) is 3.30. The molecule has 0 saturated carbocycles. The van der Waals surface area contributed by atoms with Crippen LogP contribution >= 0.6 is 0 Å². The zero-order chi connectivity index (χ0) is 11.1. The van der Waals surface area contributed by atoms with Crippen LogP contribution in [0.1, 0.15) is 26.7 Å². The quantitative estimate of drug-likeness (QED) is 0.664. The zero-order valence-corrected chi connectivity index (χ0v) is 10.6. The highest BCUT2D eigenvalue weighted by atomic mass is 15.3. The van der Waals surface area contributed by atoms with Crippen molar-refractivity contribution in [2.45, 2.75) is 32.7 Å². The SMILES string of the molecule is CCCNCCCN1CCN(C)C(C)C1. The van der Waals surface area contributed by atoms with Crippen LogP contribution in [-0.2, 0) is 0 Å². The summed E-state index contributed by atoms with van der Waals surface area (Å²) in [6, 6.07) is 0.724. The average molecular weight is 213 g/mol. The van der Waals surface area contributed by atoms with Crippen LogP contribution < -0.4 is 5.32 Å². The Morgan fingerprint density at radius 1 is 1.27 bits per heavy atom. The summed E-state index contributed by atoms with van der Waals surface area (Å²) in [4.78, 5) is 5.05. The summed E-state index contributed by atoms with van der Waals surface area (Å²) >= 11 is 0. The fourth-order valence-corrected chi connectivity index (χ4v) is 2.06. The molecule has 1 saturated heterocycles. The van der Waals surface area contributed by atoms with Crippen LogP contribution in [0.15, 0.2) is 0 Å². The molecule has 1 aliphatic rings. The monoisotopic (exact) mass is 213 g/mol. The van der Waals surface area contributed by atoms with E-state index in [0.717, 1.165) is 6.04 Å². The van der Waals surface area contributed by atoms with Crippen molar-refractivity contribution in [3.05, 3.63) is 0 Å². The van der Waals surface area contributed by atoms with E-state index in [9.17, 15) is 0 Å². The normalized spacial score (nSPS) is 24.6. The van der Waals surface area contributed by atoms with Crippen molar-refractivity contribution in [3.63, 3.8) is 0 Å².